The Kier molecular flexibility index (Phi) is 4.08. The highest BCUT2D eigenvalue weighted by Gasteiger charge is 2.38. The van der Waals surface area contributed by atoms with Crippen LogP contribution in [0.1, 0.15) is 50.2 Å². The van der Waals surface area contributed by atoms with Gasteiger partial charge in [0.2, 0.25) is 0 Å². The smallest absolute Gasteiger partial charge is 0.0931 e. The molecule has 1 aromatic carbocycles. The second-order valence-corrected chi connectivity index (χ2v) is 5.33. The van der Waals surface area contributed by atoms with Crippen molar-refractivity contribution in [1.82, 2.24) is 0 Å². The van der Waals surface area contributed by atoms with Crippen molar-refractivity contribution >= 4 is 0 Å². The Labute approximate surface area is 110 Å². The van der Waals surface area contributed by atoms with Gasteiger partial charge in [-0.3, -0.25) is 0 Å². The molecule has 100 valence electrons. The molecule has 0 radical (unpaired) electrons. The lowest BCUT2D eigenvalue weighted by atomic mass is 9.72. The second-order valence-electron chi connectivity index (χ2n) is 5.33. The van der Waals surface area contributed by atoms with Gasteiger partial charge in [-0.25, -0.2) is 0 Å². The van der Waals surface area contributed by atoms with Gasteiger partial charge < -0.3 is 9.84 Å². The molecule has 0 saturated heterocycles. The van der Waals surface area contributed by atoms with Crippen LogP contribution in [0.5, 0.6) is 0 Å². The summed E-state index contributed by atoms with van der Waals surface area (Å²) in [7, 11) is 1.71. The van der Waals surface area contributed by atoms with E-state index in [-0.39, 0.29) is 11.7 Å². The molecular weight excluding hydrogens is 224 g/mol. The monoisotopic (exact) mass is 248 g/mol. The maximum Gasteiger partial charge on any atom is 0.0931 e. The molecule has 18 heavy (non-hydrogen) atoms. The third-order valence-electron chi connectivity index (χ3n) is 4.68. The first-order valence-corrected chi connectivity index (χ1v) is 6.97. The fraction of sp³-hybridized carbons (Fsp3) is 0.625. The lowest BCUT2D eigenvalue weighted by Gasteiger charge is -2.39. The Morgan fingerprint density at radius 3 is 2.56 bits per heavy atom. The molecule has 0 aromatic heterocycles. The molecule has 0 aliphatic heterocycles. The van der Waals surface area contributed by atoms with Gasteiger partial charge in [-0.1, -0.05) is 38.1 Å². The maximum absolute atomic E-state index is 10.5. The van der Waals surface area contributed by atoms with Crippen molar-refractivity contribution in [3.05, 3.63) is 35.4 Å². The lowest BCUT2D eigenvalue weighted by molar-refractivity contribution is -0.112. The van der Waals surface area contributed by atoms with Crippen molar-refractivity contribution in [2.75, 3.05) is 7.11 Å². The third-order valence-corrected chi connectivity index (χ3v) is 4.68. The first kappa shape index (κ1) is 13.6. The van der Waals surface area contributed by atoms with Crippen molar-refractivity contribution < 1.29 is 9.84 Å². The largest absolute Gasteiger partial charge is 0.390 e. The van der Waals surface area contributed by atoms with Crippen LogP contribution >= 0.6 is 0 Å². The Morgan fingerprint density at radius 1 is 1.33 bits per heavy atom. The van der Waals surface area contributed by atoms with Gasteiger partial charge in [0.25, 0.3) is 0 Å². The molecule has 2 nitrogen and oxygen atoms in total. The van der Waals surface area contributed by atoms with E-state index in [0.717, 1.165) is 25.7 Å². The predicted molar refractivity (Wildman–Crippen MR) is 73.8 cm³/mol. The third kappa shape index (κ3) is 2.19. The fourth-order valence-electron chi connectivity index (χ4n) is 3.20. The van der Waals surface area contributed by atoms with Crippen molar-refractivity contribution in [2.24, 2.45) is 0 Å². The van der Waals surface area contributed by atoms with Crippen LogP contribution in [0.2, 0.25) is 0 Å². The van der Waals surface area contributed by atoms with Gasteiger partial charge >= 0.3 is 0 Å². The molecular formula is C16H24O2. The van der Waals surface area contributed by atoms with Crippen molar-refractivity contribution in [3.8, 4) is 0 Å². The molecule has 2 rings (SSSR count). The van der Waals surface area contributed by atoms with Crippen molar-refractivity contribution in [3.63, 3.8) is 0 Å². The highest BCUT2D eigenvalue weighted by molar-refractivity contribution is 5.39. The minimum absolute atomic E-state index is 0.371. The molecule has 0 fully saturated rings. The Bertz CT molecular complexity index is 388. The van der Waals surface area contributed by atoms with Crippen LogP contribution in [-0.4, -0.2) is 23.9 Å². The number of methoxy groups -OCH3 is 1. The first-order chi connectivity index (χ1) is 8.66. The summed E-state index contributed by atoms with van der Waals surface area (Å²) in [6, 6.07) is 8.54. The van der Waals surface area contributed by atoms with Gasteiger partial charge in [-0.2, -0.15) is 0 Å². The van der Waals surface area contributed by atoms with E-state index in [9.17, 15) is 5.11 Å². The molecule has 2 atom stereocenters. The number of ether oxygens (including phenoxy) is 1. The maximum atomic E-state index is 10.5. The van der Waals surface area contributed by atoms with E-state index in [0.29, 0.717) is 5.92 Å². The summed E-state index contributed by atoms with van der Waals surface area (Å²) >= 11 is 0. The Morgan fingerprint density at radius 2 is 2.00 bits per heavy atom. The van der Waals surface area contributed by atoms with E-state index in [1.807, 2.05) is 0 Å². The zero-order valence-corrected chi connectivity index (χ0v) is 11.6. The molecule has 2 unspecified atom stereocenters. The topological polar surface area (TPSA) is 29.5 Å². The number of hydrogen-bond donors (Lipinski definition) is 1. The molecule has 0 bridgehead atoms. The standard InChI is InChI=1S/C16H24O2/c1-4-16(5-2,18-3)15(17)11-13-10-12-8-6-7-9-14(12)13/h6-9,13,15,17H,4-5,10-11H2,1-3H3. The summed E-state index contributed by atoms with van der Waals surface area (Å²) in [6.45, 7) is 4.18. The van der Waals surface area contributed by atoms with Crippen LogP contribution in [-0.2, 0) is 11.2 Å². The number of fused-ring (bicyclic) bond motifs is 1. The summed E-state index contributed by atoms with van der Waals surface area (Å²) in [5.74, 6) is 0.504. The minimum Gasteiger partial charge on any atom is -0.390 e. The van der Waals surface area contributed by atoms with E-state index >= 15 is 0 Å². The van der Waals surface area contributed by atoms with Crippen molar-refractivity contribution in [1.29, 1.82) is 0 Å². The molecule has 0 amide bonds. The average molecular weight is 248 g/mol. The zero-order chi connectivity index (χ0) is 13.2. The Hall–Kier alpha value is -0.860. The summed E-state index contributed by atoms with van der Waals surface area (Å²) in [6.07, 6.45) is 3.24. The number of benzene rings is 1. The highest BCUT2D eigenvalue weighted by Crippen LogP contribution is 2.40. The van der Waals surface area contributed by atoms with Gasteiger partial charge in [-0.05, 0) is 42.7 Å². The van der Waals surface area contributed by atoms with E-state index in [2.05, 4.69) is 38.1 Å². The first-order valence-electron chi connectivity index (χ1n) is 6.97. The van der Waals surface area contributed by atoms with Crippen LogP contribution in [0.4, 0.5) is 0 Å². The van der Waals surface area contributed by atoms with Crippen LogP contribution < -0.4 is 0 Å². The Balaban J connectivity index is 2.03. The number of aliphatic hydroxyl groups is 1. The fourth-order valence-corrected chi connectivity index (χ4v) is 3.20. The van der Waals surface area contributed by atoms with Gasteiger partial charge in [0.1, 0.15) is 0 Å². The normalized spacial score (nSPS) is 20.1. The number of rotatable bonds is 6. The molecule has 1 N–H and O–H groups in total. The molecule has 1 aliphatic carbocycles. The van der Waals surface area contributed by atoms with Crippen LogP contribution in [0.15, 0.2) is 24.3 Å². The quantitative estimate of drug-likeness (QED) is 0.837. The second kappa shape index (κ2) is 5.41. The van der Waals surface area contributed by atoms with E-state index < -0.39 is 0 Å². The highest BCUT2D eigenvalue weighted by atomic mass is 16.5. The molecule has 1 aromatic rings. The van der Waals surface area contributed by atoms with Gasteiger partial charge in [-0.15, -0.1) is 0 Å². The molecule has 0 heterocycles. The summed E-state index contributed by atoms with van der Waals surface area (Å²) in [4.78, 5) is 0. The van der Waals surface area contributed by atoms with E-state index in [1.54, 1.807) is 7.11 Å². The van der Waals surface area contributed by atoms with Gasteiger partial charge in [0.05, 0.1) is 11.7 Å². The van der Waals surface area contributed by atoms with Gasteiger partial charge in [0.15, 0.2) is 0 Å². The number of aliphatic hydroxyl groups excluding tert-OH is 1. The molecule has 1 aliphatic rings. The SMILES string of the molecule is CCC(CC)(OC)C(O)CC1Cc2ccccc21. The molecule has 2 heteroatoms. The van der Waals surface area contributed by atoms with E-state index in [1.165, 1.54) is 11.1 Å². The summed E-state index contributed by atoms with van der Waals surface area (Å²) in [5, 5.41) is 10.5. The number of hydrogen-bond acceptors (Lipinski definition) is 2. The summed E-state index contributed by atoms with van der Waals surface area (Å²) < 4.78 is 5.61. The van der Waals surface area contributed by atoms with Gasteiger partial charge in [0, 0.05) is 7.11 Å². The summed E-state index contributed by atoms with van der Waals surface area (Å²) in [5.41, 5.74) is 2.48. The van der Waals surface area contributed by atoms with E-state index in [4.69, 9.17) is 4.74 Å². The van der Waals surface area contributed by atoms with Crippen LogP contribution in [0, 0.1) is 0 Å². The average Bonchev–Trinajstić information content (AvgIpc) is 2.39. The minimum atomic E-state index is -0.379. The van der Waals surface area contributed by atoms with Crippen molar-refractivity contribution in [2.45, 2.75) is 57.2 Å². The predicted octanol–water partition coefficient (Wildman–Crippen LogP) is 3.28. The molecule has 0 spiro atoms. The molecule has 0 saturated carbocycles. The zero-order valence-electron chi connectivity index (χ0n) is 11.6. The van der Waals surface area contributed by atoms with Crippen LogP contribution in [0.25, 0.3) is 0 Å². The lowest BCUT2D eigenvalue weighted by Crippen LogP contribution is -2.44. The van der Waals surface area contributed by atoms with Crippen LogP contribution in [0.3, 0.4) is 0 Å².